The minimum absolute atomic E-state index is 0.0126. The maximum absolute atomic E-state index is 14.9. The van der Waals surface area contributed by atoms with Gasteiger partial charge in [-0.05, 0) is 48.1 Å². The number of nitrogens with one attached hydrogen (secondary N) is 1. The van der Waals surface area contributed by atoms with E-state index in [1.807, 2.05) is 4.72 Å². The molecule has 11 heteroatoms. The van der Waals surface area contributed by atoms with Crippen molar-refractivity contribution in [2.45, 2.75) is 36.9 Å². The van der Waals surface area contributed by atoms with Gasteiger partial charge in [-0.15, -0.1) is 0 Å². The average Bonchev–Trinajstić information content (AvgIpc) is 3.08. The highest BCUT2D eigenvalue weighted by Crippen LogP contribution is 2.35. The molecule has 0 amide bonds. The second-order valence-electron chi connectivity index (χ2n) is 8.00. The highest BCUT2D eigenvalue weighted by Gasteiger charge is 2.25. The summed E-state index contributed by atoms with van der Waals surface area (Å²) in [5.41, 5.74) is 2.01. The van der Waals surface area contributed by atoms with Crippen molar-refractivity contribution in [3.8, 4) is 0 Å². The zero-order valence-electron chi connectivity index (χ0n) is 17.6. The molecule has 7 nitrogen and oxygen atoms in total. The van der Waals surface area contributed by atoms with E-state index in [9.17, 15) is 26.4 Å². The highest BCUT2D eigenvalue weighted by molar-refractivity contribution is 7.92. The van der Waals surface area contributed by atoms with E-state index in [4.69, 9.17) is 4.42 Å². The van der Waals surface area contributed by atoms with Gasteiger partial charge < -0.3 is 4.42 Å². The Bertz CT molecular complexity index is 1580. The summed E-state index contributed by atoms with van der Waals surface area (Å²) >= 11 is 0. The highest BCUT2D eigenvalue weighted by atomic mass is 32.2. The quantitative estimate of drug-likeness (QED) is 0.418. The summed E-state index contributed by atoms with van der Waals surface area (Å²) in [6, 6.07) is 10.4. The number of oxazole rings is 1. The van der Waals surface area contributed by atoms with Gasteiger partial charge in [0.25, 0.3) is 10.0 Å². The summed E-state index contributed by atoms with van der Waals surface area (Å²) in [6.07, 6.45) is 0.696. The first-order chi connectivity index (χ1) is 16.2. The van der Waals surface area contributed by atoms with Crippen LogP contribution in [0.4, 0.5) is 19.0 Å². The Morgan fingerprint density at radius 2 is 1.94 bits per heavy atom. The third-order valence-corrected chi connectivity index (χ3v) is 7.19. The van der Waals surface area contributed by atoms with Crippen LogP contribution in [0.2, 0.25) is 0 Å². The Morgan fingerprint density at radius 3 is 2.74 bits per heavy atom. The Balaban J connectivity index is 1.54. The smallest absolute Gasteiger partial charge is 0.408 e. The van der Waals surface area contributed by atoms with Crippen molar-refractivity contribution in [1.29, 1.82) is 0 Å². The van der Waals surface area contributed by atoms with Gasteiger partial charge in [-0.1, -0.05) is 24.3 Å². The van der Waals surface area contributed by atoms with Gasteiger partial charge in [-0.2, -0.15) is 4.39 Å². The number of aromatic nitrogens is 2. The lowest BCUT2D eigenvalue weighted by Crippen LogP contribution is -2.18. The first-order valence-corrected chi connectivity index (χ1v) is 11.9. The van der Waals surface area contributed by atoms with E-state index in [-0.39, 0.29) is 23.5 Å². The molecule has 1 aliphatic carbocycles. The van der Waals surface area contributed by atoms with Gasteiger partial charge in [0.15, 0.2) is 5.58 Å². The molecular formula is C23H18F3N3O4S. The fourth-order valence-corrected chi connectivity index (χ4v) is 5.34. The molecule has 4 aromatic rings. The number of sulfonamides is 1. The van der Waals surface area contributed by atoms with Crippen molar-refractivity contribution in [2.75, 3.05) is 4.72 Å². The molecule has 1 unspecified atom stereocenters. The molecule has 34 heavy (non-hydrogen) atoms. The summed E-state index contributed by atoms with van der Waals surface area (Å²) in [5, 5.41) is 0. The van der Waals surface area contributed by atoms with Gasteiger partial charge in [0.2, 0.25) is 5.95 Å². The lowest BCUT2D eigenvalue weighted by Gasteiger charge is -2.22. The van der Waals surface area contributed by atoms with Gasteiger partial charge in [0.05, 0.1) is 12.1 Å². The molecule has 0 bridgehead atoms. The van der Waals surface area contributed by atoms with Crippen molar-refractivity contribution in [1.82, 2.24) is 9.55 Å². The predicted molar refractivity (Wildman–Crippen MR) is 118 cm³/mol. The number of pyridine rings is 1. The monoisotopic (exact) mass is 489 g/mol. The molecule has 1 atom stereocenters. The fraction of sp³-hybridized carbons (Fsp3) is 0.217. The summed E-state index contributed by atoms with van der Waals surface area (Å²) in [5.74, 6) is -3.20. The first kappa shape index (κ1) is 22.2. The van der Waals surface area contributed by atoms with Crippen LogP contribution in [0.5, 0.6) is 0 Å². The van der Waals surface area contributed by atoms with Crippen molar-refractivity contribution in [2.24, 2.45) is 0 Å². The molecule has 2 aromatic heterocycles. The number of fused-ring (bicyclic) bond motifs is 2. The molecule has 0 saturated heterocycles. The summed E-state index contributed by atoms with van der Waals surface area (Å²) in [4.78, 5) is 15.2. The van der Waals surface area contributed by atoms with Crippen LogP contribution in [0.25, 0.3) is 11.1 Å². The lowest BCUT2D eigenvalue weighted by molar-refractivity contribution is 0.301. The van der Waals surface area contributed by atoms with Gasteiger partial charge in [0.1, 0.15) is 22.7 Å². The molecule has 0 fully saturated rings. The maximum atomic E-state index is 14.9. The van der Waals surface area contributed by atoms with Crippen LogP contribution < -0.4 is 10.5 Å². The molecule has 0 radical (unpaired) electrons. The van der Waals surface area contributed by atoms with E-state index >= 15 is 0 Å². The second-order valence-corrected chi connectivity index (χ2v) is 9.65. The van der Waals surface area contributed by atoms with Crippen molar-refractivity contribution in [3.63, 3.8) is 0 Å². The number of hydrogen-bond donors (Lipinski definition) is 1. The largest absolute Gasteiger partial charge is 0.420 e. The molecule has 2 heterocycles. The number of nitrogens with zero attached hydrogens (tertiary/aromatic N) is 2. The van der Waals surface area contributed by atoms with Crippen molar-refractivity contribution < 1.29 is 26.0 Å². The Hall–Kier alpha value is -3.60. The van der Waals surface area contributed by atoms with Crippen LogP contribution in [-0.4, -0.2) is 18.0 Å². The fourth-order valence-electron chi connectivity index (χ4n) is 4.26. The second kappa shape index (κ2) is 8.32. The van der Waals surface area contributed by atoms with E-state index in [1.54, 1.807) is 18.2 Å². The van der Waals surface area contributed by atoms with Crippen LogP contribution in [0.1, 0.15) is 35.7 Å². The van der Waals surface area contributed by atoms with Crippen LogP contribution >= 0.6 is 0 Å². The molecule has 0 saturated carbocycles. The molecule has 1 N–H and O–H groups in total. The third kappa shape index (κ3) is 3.96. The van der Waals surface area contributed by atoms with E-state index < -0.39 is 38.6 Å². The SMILES string of the molecule is O=c1oc2cc(S(=O)(=O)Nc3cccc(F)n3)c(F)cc2n1Cc1cccc2c1CCCC2F. The third-order valence-electron chi connectivity index (χ3n) is 5.83. The van der Waals surface area contributed by atoms with E-state index in [0.29, 0.717) is 30.4 Å². The zero-order chi connectivity index (χ0) is 24.0. The number of anilines is 1. The van der Waals surface area contributed by atoms with Gasteiger partial charge in [-0.25, -0.2) is 27.0 Å². The molecule has 0 spiro atoms. The number of benzene rings is 2. The van der Waals surface area contributed by atoms with Crippen molar-refractivity contribution >= 4 is 26.9 Å². The topological polar surface area (TPSA) is 94.2 Å². The molecule has 2 aromatic carbocycles. The van der Waals surface area contributed by atoms with Crippen LogP contribution in [0.3, 0.4) is 0 Å². The molecule has 1 aliphatic rings. The van der Waals surface area contributed by atoms with Crippen molar-refractivity contribution in [3.05, 3.63) is 87.5 Å². The standard InChI is InChI=1S/C23H18F3N3O4S/c24-16-7-2-5-14-13(4-1-6-15(14)16)12-29-18-10-17(25)20(11-19(18)33-23(29)30)34(31,32)28-22-9-3-8-21(26)27-22/h1,3-4,6,8-11,16H,2,5,7,12H2,(H,27,28). The minimum Gasteiger partial charge on any atom is -0.408 e. The number of halogens is 3. The molecular weight excluding hydrogens is 471 g/mol. The average molecular weight is 489 g/mol. The minimum atomic E-state index is -4.50. The van der Waals surface area contributed by atoms with Gasteiger partial charge >= 0.3 is 5.76 Å². The normalized spacial score (nSPS) is 15.9. The number of rotatable bonds is 5. The van der Waals surface area contributed by atoms with Gasteiger partial charge in [0, 0.05) is 12.1 Å². The van der Waals surface area contributed by atoms with Crippen LogP contribution in [0.15, 0.2) is 62.6 Å². The lowest BCUT2D eigenvalue weighted by atomic mass is 9.87. The Morgan fingerprint density at radius 1 is 1.15 bits per heavy atom. The molecule has 0 aliphatic heterocycles. The van der Waals surface area contributed by atoms with Crippen LogP contribution in [-0.2, 0) is 23.0 Å². The van der Waals surface area contributed by atoms with Crippen LogP contribution in [0, 0.1) is 11.8 Å². The van der Waals surface area contributed by atoms with E-state index in [0.717, 1.165) is 23.8 Å². The number of hydrogen-bond acceptors (Lipinski definition) is 5. The summed E-state index contributed by atoms with van der Waals surface area (Å²) in [7, 11) is -4.50. The summed E-state index contributed by atoms with van der Waals surface area (Å²) < 4.78 is 76.3. The van der Waals surface area contributed by atoms with E-state index in [1.165, 1.54) is 16.7 Å². The Kier molecular flexibility index (Phi) is 5.43. The van der Waals surface area contributed by atoms with Gasteiger partial charge in [-0.3, -0.25) is 9.29 Å². The van der Waals surface area contributed by atoms with E-state index in [2.05, 4.69) is 4.98 Å². The maximum Gasteiger partial charge on any atom is 0.420 e. The summed E-state index contributed by atoms with van der Waals surface area (Å²) in [6.45, 7) is 0.0126. The Labute approximate surface area is 191 Å². The zero-order valence-corrected chi connectivity index (χ0v) is 18.4. The molecule has 176 valence electrons. The molecule has 5 rings (SSSR count). The number of alkyl halides is 1. The predicted octanol–water partition coefficient (Wildman–Crippen LogP) is 4.46. The first-order valence-electron chi connectivity index (χ1n) is 10.5.